The molecular weight excluding hydrogens is 393 g/mol. The first-order valence-electron chi connectivity index (χ1n) is 9.23. The highest BCUT2D eigenvalue weighted by Gasteiger charge is 2.35. The molecule has 0 spiro atoms. The van der Waals surface area contributed by atoms with Crippen LogP contribution >= 0.6 is 0 Å². The van der Waals surface area contributed by atoms with E-state index in [0.29, 0.717) is 11.3 Å². The standard InChI is InChI=1S/C21H26FN3O5/c1-20(2,3)29-18(26)25(19(27)30-21(4,5)6)16-9-8-15(24-17(16)28-7)13-10-14(22)12-23-11-13/h8-12H,1-7H3. The van der Waals surface area contributed by atoms with E-state index >= 15 is 0 Å². The smallest absolute Gasteiger partial charge is 0.424 e. The van der Waals surface area contributed by atoms with Gasteiger partial charge in [0.05, 0.1) is 19.0 Å². The zero-order valence-corrected chi connectivity index (χ0v) is 18.1. The molecule has 0 bridgehead atoms. The normalized spacial score (nSPS) is 11.6. The van der Waals surface area contributed by atoms with Crippen LogP contribution in [0.25, 0.3) is 11.3 Å². The zero-order valence-electron chi connectivity index (χ0n) is 18.1. The first-order chi connectivity index (χ1) is 13.8. The van der Waals surface area contributed by atoms with Crippen molar-refractivity contribution in [1.29, 1.82) is 0 Å². The third-order valence-electron chi connectivity index (χ3n) is 3.43. The van der Waals surface area contributed by atoms with Crippen LogP contribution in [0.15, 0.2) is 30.6 Å². The number of carbonyl (C=O) groups excluding carboxylic acids is 2. The van der Waals surface area contributed by atoms with Crippen LogP contribution in [0.3, 0.4) is 0 Å². The number of nitrogens with zero attached hydrogens (tertiary/aromatic N) is 3. The summed E-state index contributed by atoms with van der Waals surface area (Å²) in [7, 11) is 1.34. The van der Waals surface area contributed by atoms with Gasteiger partial charge in [-0.25, -0.2) is 19.0 Å². The summed E-state index contributed by atoms with van der Waals surface area (Å²) >= 11 is 0. The van der Waals surface area contributed by atoms with E-state index in [2.05, 4.69) is 9.97 Å². The monoisotopic (exact) mass is 419 g/mol. The van der Waals surface area contributed by atoms with Gasteiger partial charge in [-0.2, -0.15) is 4.90 Å². The quantitative estimate of drug-likeness (QED) is 0.694. The van der Waals surface area contributed by atoms with Gasteiger partial charge in [0.1, 0.15) is 22.7 Å². The van der Waals surface area contributed by atoms with Gasteiger partial charge in [-0.3, -0.25) is 4.98 Å². The number of imide groups is 1. The lowest BCUT2D eigenvalue weighted by molar-refractivity contribution is 0.0429. The number of halogens is 1. The molecule has 30 heavy (non-hydrogen) atoms. The maximum absolute atomic E-state index is 13.5. The van der Waals surface area contributed by atoms with Gasteiger partial charge in [-0.05, 0) is 59.7 Å². The number of hydrogen-bond donors (Lipinski definition) is 0. The van der Waals surface area contributed by atoms with Crippen molar-refractivity contribution >= 4 is 17.9 Å². The predicted octanol–water partition coefficient (Wildman–Crippen LogP) is 4.97. The summed E-state index contributed by atoms with van der Waals surface area (Å²) in [6.45, 7) is 10.0. The fourth-order valence-corrected chi connectivity index (χ4v) is 2.35. The van der Waals surface area contributed by atoms with Crippen molar-refractivity contribution in [2.24, 2.45) is 0 Å². The molecule has 0 saturated heterocycles. The van der Waals surface area contributed by atoms with Crippen molar-refractivity contribution in [1.82, 2.24) is 9.97 Å². The van der Waals surface area contributed by atoms with Crippen LogP contribution in [0.1, 0.15) is 41.5 Å². The topological polar surface area (TPSA) is 90.9 Å². The molecule has 0 unspecified atom stereocenters. The highest BCUT2D eigenvalue weighted by atomic mass is 19.1. The SMILES string of the molecule is COc1nc(-c2cncc(F)c2)ccc1N(C(=O)OC(C)(C)C)C(=O)OC(C)(C)C. The number of amides is 2. The van der Waals surface area contributed by atoms with E-state index in [9.17, 15) is 14.0 Å². The molecule has 8 nitrogen and oxygen atoms in total. The number of carbonyl (C=O) groups is 2. The van der Waals surface area contributed by atoms with Gasteiger partial charge in [0.2, 0.25) is 5.88 Å². The lowest BCUT2D eigenvalue weighted by Crippen LogP contribution is -2.44. The van der Waals surface area contributed by atoms with Crippen molar-refractivity contribution in [3.8, 4) is 17.1 Å². The summed E-state index contributed by atoms with van der Waals surface area (Å²) < 4.78 is 29.5. The fraction of sp³-hybridized carbons (Fsp3) is 0.429. The molecule has 0 N–H and O–H groups in total. The molecule has 2 aromatic rings. The van der Waals surface area contributed by atoms with Crippen LogP contribution in [0.4, 0.5) is 19.7 Å². The first kappa shape index (κ1) is 23.1. The second kappa shape index (κ2) is 8.64. The minimum absolute atomic E-state index is 0.0223. The van der Waals surface area contributed by atoms with Crippen LogP contribution in [0.5, 0.6) is 5.88 Å². The van der Waals surface area contributed by atoms with E-state index in [4.69, 9.17) is 14.2 Å². The van der Waals surface area contributed by atoms with Crippen LogP contribution in [0.2, 0.25) is 0 Å². The maximum Gasteiger partial charge on any atom is 0.424 e. The largest absolute Gasteiger partial charge is 0.479 e. The number of methoxy groups -OCH3 is 1. The third-order valence-corrected chi connectivity index (χ3v) is 3.43. The van der Waals surface area contributed by atoms with Gasteiger partial charge in [-0.15, -0.1) is 0 Å². The van der Waals surface area contributed by atoms with Crippen molar-refractivity contribution < 1.29 is 28.2 Å². The Labute approximate surface area is 175 Å². The van der Waals surface area contributed by atoms with Crippen molar-refractivity contribution in [2.45, 2.75) is 52.7 Å². The van der Waals surface area contributed by atoms with E-state index in [-0.39, 0.29) is 11.6 Å². The Bertz CT molecular complexity index is 907. The summed E-state index contributed by atoms with van der Waals surface area (Å²) in [5.74, 6) is -0.574. The average molecular weight is 419 g/mol. The van der Waals surface area contributed by atoms with E-state index in [1.165, 1.54) is 31.5 Å². The van der Waals surface area contributed by atoms with Gasteiger partial charge < -0.3 is 14.2 Å². The Morgan fingerprint density at radius 2 is 1.53 bits per heavy atom. The highest BCUT2D eigenvalue weighted by Crippen LogP contribution is 2.32. The molecule has 0 aliphatic rings. The Morgan fingerprint density at radius 1 is 0.967 bits per heavy atom. The lowest BCUT2D eigenvalue weighted by Gasteiger charge is -2.29. The second-order valence-electron chi connectivity index (χ2n) is 8.41. The second-order valence-corrected chi connectivity index (χ2v) is 8.41. The number of anilines is 1. The van der Waals surface area contributed by atoms with Crippen molar-refractivity contribution in [3.05, 3.63) is 36.4 Å². The average Bonchev–Trinajstić information content (AvgIpc) is 2.59. The molecule has 2 aromatic heterocycles. The van der Waals surface area contributed by atoms with E-state index in [1.54, 1.807) is 41.5 Å². The number of pyridine rings is 2. The molecule has 162 valence electrons. The van der Waals surface area contributed by atoms with Crippen molar-refractivity contribution in [3.63, 3.8) is 0 Å². The van der Waals surface area contributed by atoms with Gasteiger partial charge in [-0.1, -0.05) is 0 Å². The summed E-state index contributed by atoms with van der Waals surface area (Å²) in [6.07, 6.45) is 0.611. The Morgan fingerprint density at radius 3 is 2.00 bits per heavy atom. The minimum Gasteiger partial charge on any atom is -0.479 e. The number of ether oxygens (including phenoxy) is 3. The summed E-state index contributed by atoms with van der Waals surface area (Å²) in [5.41, 5.74) is -0.943. The Kier molecular flexibility index (Phi) is 6.64. The molecule has 9 heteroatoms. The fourth-order valence-electron chi connectivity index (χ4n) is 2.35. The van der Waals surface area contributed by atoms with Crippen LogP contribution < -0.4 is 9.64 Å². The molecule has 2 amide bonds. The van der Waals surface area contributed by atoms with Crippen LogP contribution in [0, 0.1) is 5.82 Å². The molecule has 0 atom stereocenters. The maximum atomic E-state index is 13.5. The highest BCUT2D eigenvalue weighted by molar-refractivity contribution is 6.10. The Balaban J connectivity index is 2.53. The summed E-state index contributed by atoms with van der Waals surface area (Å²) in [4.78, 5) is 34.4. The molecule has 2 heterocycles. The molecule has 0 aliphatic carbocycles. The molecule has 0 aliphatic heterocycles. The minimum atomic E-state index is -0.947. The van der Waals surface area contributed by atoms with Gasteiger partial charge in [0, 0.05) is 11.8 Å². The van der Waals surface area contributed by atoms with E-state index in [1.807, 2.05) is 0 Å². The number of rotatable bonds is 3. The lowest BCUT2D eigenvalue weighted by atomic mass is 10.2. The first-order valence-corrected chi connectivity index (χ1v) is 9.23. The van der Waals surface area contributed by atoms with Gasteiger partial charge in [0.15, 0.2) is 0 Å². The number of aromatic nitrogens is 2. The molecule has 0 saturated carbocycles. The van der Waals surface area contributed by atoms with Gasteiger partial charge in [0.25, 0.3) is 0 Å². The predicted molar refractivity (Wildman–Crippen MR) is 109 cm³/mol. The van der Waals surface area contributed by atoms with Crippen LogP contribution in [-0.2, 0) is 9.47 Å². The molecular formula is C21H26FN3O5. The van der Waals surface area contributed by atoms with Crippen LogP contribution in [-0.4, -0.2) is 40.5 Å². The zero-order chi connectivity index (χ0) is 22.7. The van der Waals surface area contributed by atoms with E-state index in [0.717, 1.165) is 11.1 Å². The Hall–Kier alpha value is -3.23. The third kappa shape index (κ3) is 6.13. The number of hydrogen-bond acceptors (Lipinski definition) is 7. The summed E-state index contributed by atoms with van der Waals surface area (Å²) in [6, 6.07) is 4.21. The van der Waals surface area contributed by atoms with E-state index < -0.39 is 29.2 Å². The van der Waals surface area contributed by atoms with Gasteiger partial charge >= 0.3 is 12.2 Å². The molecule has 0 radical (unpaired) electrons. The molecule has 2 rings (SSSR count). The summed E-state index contributed by atoms with van der Waals surface area (Å²) in [5, 5.41) is 0. The molecule has 0 aromatic carbocycles. The van der Waals surface area contributed by atoms with Crippen molar-refractivity contribution in [2.75, 3.05) is 12.0 Å². The molecule has 0 fully saturated rings.